The van der Waals surface area contributed by atoms with Gasteiger partial charge in [0.1, 0.15) is 5.75 Å². The molecule has 108 valence electrons. The number of nitrogens with zero attached hydrogens (tertiary/aromatic N) is 2. The number of phenols is 1. The number of benzene rings is 1. The van der Waals surface area contributed by atoms with E-state index in [1.807, 2.05) is 6.07 Å². The molecule has 5 heteroatoms. The predicted octanol–water partition coefficient (Wildman–Crippen LogP) is 1.02. The van der Waals surface area contributed by atoms with Crippen LogP contribution in [0.2, 0.25) is 0 Å². The van der Waals surface area contributed by atoms with Crippen LogP contribution in [0.15, 0.2) is 24.3 Å². The molecule has 0 bridgehead atoms. The Hall–Kier alpha value is -2.04. The summed E-state index contributed by atoms with van der Waals surface area (Å²) in [5, 5.41) is 9.41. The van der Waals surface area contributed by atoms with E-state index in [1.54, 1.807) is 34.9 Å². The first-order chi connectivity index (χ1) is 9.56. The summed E-state index contributed by atoms with van der Waals surface area (Å²) in [6.07, 6.45) is 1.10. The first kappa shape index (κ1) is 14.4. The number of hydrogen-bond donors (Lipinski definition) is 1. The number of carbonyl (C=O) groups excluding carboxylic acids is 2. The van der Waals surface area contributed by atoms with Gasteiger partial charge < -0.3 is 14.9 Å². The molecule has 1 aliphatic rings. The molecule has 2 amide bonds. The average molecular weight is 276 g/mol. The van der Waals surface area contributed by atoms with Gasteiger partial charge in [-0.05, 0) is 24.1 Å². The summed E-state index contributed by atoms with van der Waals surface area (Å²) in [6.45, 7) is 4.13. The van der Waals surface area contributed by atoms with E-state index >= 15 is 0 Å². The number of amides is 2. The summed E-state index contributed by atoms with van der Waals surface area (Å²) in [5.41, 5.74) is 0.808. The Morgan fingerprint density at radius 2 is 1.85 bits per heavy atom. The molecular weight excluding hydrogens is 256 g/mol. The van der Waals surface area contributed by atoms with Crippen LogP contribution in [-0.2, 0) is 16.0 Å². The SMILES string of the molecule is CC(=O)N1CCCN(C(=O)Cc2cccc(O)c2)CC1. The molecule has 1 aromatic carbocycles. The zero-order chi connectivity index (χ0) is 14.5. The van der Waals surface area contributed by atoms with Crippen molar-refractivity contribution < 1.29 is 14.7 Å². The molecule has 1 aliphatic heterocycles. The lowest BCUT2D eigenvalue weighted by Crippen LogP contribution is -2.37. The van der Waals surface area contributed by atoms with Crippen LogP contribution in [0, 0.1) is 0 Å². The summed E-state index contributed by atoms with van der Waals surface area (Å²) in [6, 6.07) is 6.76. The van der Waals surface area contributed by atoms with Crippen LogP contribution in [0.5, 0.6) is 5.75 Å². The Morgan fingerprint density at radius 1 is 1.15 bits per heavy atom. The van der Waals surface area contributed by atoms with Gasteiger partial charge in [0.2, 0.25) is 11.8 Å². The fraction of sp³-hybridized carbons (Fsp3) is 0.467. The first-order valence-corrected chi connectivity index (χ1v) is 6.87. The minimum Gasteiger partial charge on any atom is -0.508 e. The highest BCUT2D eigenvalue weighted by Crippen LogP contribution is 2.13. The molecule has 0 saturated carbocycles. The van der Waals surface area contributed by atoms with Gasteiger partial charge >= 0.3 is 0 Å². The molecule has 1 aromatic rings. The molecule has 1 heterocycles. The van der Waals surface area contributed by atoms with Crippen LogP contribution in [0.25, 0.3) is 0 Å². The largest absolute Gasteiger partial charge is 0.508 e. The van der Waals surface area contributed by atoms with Crippen molar-refractivity contribution in [1.82, 2.24) is 9.80 Å². The molecule has 5 nitrogen and oxygen atoms in total. The van der Waals surface area contributed by atoms with Gasteiger partial charge in [-0.1, -0.05) is 12.1 Å². The van der Waals surface area contributed by atoms with E-state index in [9.17, 15) is 14.7 Å². The van der Waals surface area contributed by atoms with E-state index in [2.05, 4.69) is 0 Å². The fourth-order valence-corrected chi connectivity index (χ4v) is 2.43. The smallest absolute Gasteiger partial charge is 0.227 e. The Labute approximate surface area is 118 Å². The van der Waals surface area contributed by atoms with Crippen LogP contribution >= 0.6 is 0 Å². The van der Waals surface area contributed by atoms with Crippen LogP contribution < -0.4 is 0 Å². The molecule has 0 spiro atoms. The van der Waals surface area contributed by atoms with E-state index in [4.69, 9.17) is 0 Å². The second-order valence-corrected chi connectivity index (χ2v) is 5.09. The van der Waals surface area contributed by atoms with E-state index in [1.165, 1.54) is 0 Å². The zero-order valence-corrected chi connectivity index (χ0v) is 11.7. The summed E-state index contributed by atoms with van der Waals surface area (Å²) in [4.78, 5) is 27.2. The minimum absolute atomic E-state index is 0.0426. The maximum atomic E-state index is 12.2. The molecule has 0 aliphatic carbocycles. The van der Waals surface area contributed by atoms with Crippen molar-refractivity contribution in [2.75, 3.05) is 26.2 Å². The minimum atomic E-state index is 0.0426. The summed E-state index contributed by atoms with van der Waals surface area (Å²) >= 11 is 0. The van der Waals surface area contributed by atoms with Crippen LogP contribution in [-0.4, -0.2) is 52.9 Å². The highest BCUT2D eigenvalue weighted by Gasteiger charge is 2.20. The highest BCUT2D eigenvalue weighted by molar-refractivity contribution is 5.79. The van der Waals surface area contributed by atoms with Crippen LogP contribution in [0.3, 0.4) is 0 Å². The lowest BCUT2D eigenvalue weighted by atomic mass is 10.1. The zero-order valence-electron chi connectivity index (χ0n) is 11.7. The van der Waals surface area contributed by atoms with Crippen molar-refractivity contribution in [3.05, 3.63) is 29.8 Å². The number of phenolic OH excluding ortho intramolecular Hbond substituents is 1. The summed E-state index contributed by atoms with van der Waals surface area (Å²) < 4.78 is 0. The van der Waals surface area contributed by atoms with Gasteiger partial charge in [-0.2, -0.15) is 0 Å². The van der Waals surface area contributed by atoms with E-state index in [-0.39, 0.29) is 24.0 Å². The molecule has 0 unspecified atom stereocenters. The average Bonchev–Trinajstić information content (AvgIpc) is 2.64. The van der Waals surface area contributed by atoms with Crippen molar-refractivity contribution in [3.63, 3.8) is 0 Å². The van der Waals surface area contributed by atoms with E-state index < -0.39 is 0 Å². The van der Waals surface area contributed by atoms with Gasteiger partial charge in [0.05, 0.1) is 6.42 Å². The van der Waals surface area contributed by atoms with Crippen LogP contribution in [0.4, 0.5) is 0 Å². The van der Waals surface area contributed by atoms with Crippen molar-refractivity contribution in [2.45, 2.75) is 19.8 Å². The number of hydrogen-bond acceptors (Lipinski definition) is 3. The molecule has 2 rings (SSSR count). The Kier molecular flexibility index (Phi) is 4.61. The van der Waals surface area contributed by atoms with Gasteiger partial charge in [-0.15, -0.1) is 0 Å². The monoisotopic (exact) mass is 276 g/mol. The molecule has 0 radical (unpaired) electrons. The number of carbonyl (C=O) groups is 2. The van der Waals surface area contributed by atoms with Crippen molar-refractivity contribution in [2.24, 2.45) is 0 Å². The third-order valence-electron chi connectivity index (χ3n) is 3.56. The maximum absolute atomic E-state index is 12.2. The summed E-state index contributed by atoms with van der Waals surface area (Å²) in [7, 11) is 0. The fourth-order valence-electron chi connectivity index (χ4n) is 2.43. The highest BCUT2D eigenvalue weighted by atomic mass is 16.3. The Bertz CT molecular complexity index is 502. The van der Waals surface area contributed by atoms with Crippen LogP contribution in [0.1, 0.15) is 18.9 Å². The van der Waals surface area contributed by atoms with Gasteiger partial charge in [0.15, 0.2) is 0 Å². The van der Waals surface area contributed by atoms with Gasteiger partial charge in [-0.3, -0.25) is 9.59 Å². The second-order valence-electron chi connectivity index (χ2n) is 5.09. The quantitative estimate of drug-likeness (QED) is 0.877. The number of rotatable bonds is 2. The predicted molar refractivity (Wildman–Crippen MR) is 75.3 cm³/mol. The first-order valence-electron chi connectivity index (χ1n) is 6.87. The van der Waals surface area contributed by atoms with Gasteiger partial charge in [0, 0.05) is 33.1 Å². The second kappa shape index (κ2) is 6.41. The molecular formula is C15H20N2O3. The number of aromatic hydroxyl groups is 1. The molecule has 1 saturated heterocycles. The Balaban J connectivity index is 1.94. The van der Waals surface area contributed by atoms with E-state index in [0.29, 0.717) is 26.2 Å². The molecule has 1 fully saturated rings. The van der Waals surface area contributed by atoms with Gasteiger partial charge in [0.25, 0.3) is 0 Å². The lowest BCUT2D eigenvalue weighted by molar-refractivity contribution is -0.132. The Morgan fingerprint density at radius 3 is 2.55 bits per heavy atom. The third kappa shape index (κ3) is 3.73. The molecule has 20 heavy (non-hydrogen) atoms. The van der Waals surface area contributed by atoms with Gasteiger partial charge in [-0.25, -0.2) is 0 Å². The molecule has 0 aromatic heterocycles. The maximum Gasteiger partial charge on any atom is 0.227 e. The summed E-state index contributed by atoms with van der Waals surface area (Å²) in [5.74, 6) is 0.280. The van der Waals surface area contributed by atoms with Crippen molar-refractivity contribution in [3.8, 4) is 5.75 Å². The third-order valence-corrected chi connectivity index (χ3v) is 3.56. The van der Waals surface area contributed by atoms with Crippen molar-refractivity contribution >= 4 is 11.8 Å². The van der Waals surface area contributed by atoms with E-state index in [0.717, 1.165) is 12.0 Å². The standard InChI is InChI=1S/C15H20N2O3/c1-12(18)16-6-3-7-17(9-8-16)15(20)11-13-4-2-5-14(19)10-13/h2,4-5,10,19H,3,6-9,11H2,1H3. The molecule has 0 atom stereocenters. The topological polar surface area (TPSA) is 60.9 Å². The van der Waals surface area contributed by atoms with Crippen molar-refractivity contribution in [1.29, 1.82) is 0 Å². The molecule has 1 N–H and O–H groups in total. The normalized spacial score (nSPS) is 15.8. The lowest BCUT2D eigenvalue weighted by Gasteiger charge is -2.21.